The Labute approximate surface area is 152 Å². The van der Waals surface area contributed by atoms with E-state index >= 15 is 0 Å². The molecule has 0 aliphatic rings. The molecule has 20 heavy (non-hydrogen) atoms. The summed E-state index contributed by atoms with van der Waals surface area (Å²) in [7, 11) is 0. The molecule has 0 aliphatic carbocycles. The topological polar surface area (TPSA) is 46.5 Å². The van der Waals surface area contributed by atoms with Crippen LogP contribution in [0.5, 0.6) is 0 Å². The second-order valence-corrected chi connectivity index (χ2v) is 6.67. The summed E-state index contributed by atoms with van der Waals surface area (Å²) in [6.07, 6.45) is 2.27. The maximum absolute atomic E-state index is 10.4. The Morgan fingerprint density at radius 3 is 1.75 bits per heavy atom. The van der Waals surface area contributed by atoms with Gasteiger partial charge in [-0.3, -0.25) is 0 Å². The predicted molar refractivity (Wildman–Crippen MR) is 83.1 cm³/mol. The van der Waals surface area contributed by atoms with Gasteiger partial charge in [-0.1, -0.05) is 49.0 Å². The van der Waals surface area contributed by atoms with Crippen LogP contribution in [-0.4, -0.2) is 30.7 Å². The fourth-order valence-corrected chi connectivity index (χ4v) is 0.871. The van der Waals surface area contributed by atoms with Crippen LogP contribution in [0.15, 0.2) is 0 Å². The molecule has 0 saturated carbocycles. The van der Waals surface area contributed by atoms with Crippen molar-refractivity contribution in [3.05, 3.63) is 6.92 Å². The number of Topliss-reactive ketones (excluding diaryl/α,β-unsaturated/α-hetero) is 1. The molecular formula is C16H35O3Y-. The number of ketones is 1. The summed E-state index contributed by atoms with van der Waals surface area (Å²) in [5.41, 5.74) is 0.155. The van der Waals surface area contributed by atoms with Gasteiger partial charge in [-0.05, 0) is 23.7 Å². The summed E-state index contributed by atoms with van der Waals surface area (Å²) in [6, 6.07) is 0. The number of hydrogen-bond donors (Lipinski definition) is 1. The van der Waals surface area contributed by atoms with Crippen molar-refractivity contribution in [1.29, 1.82) is 0 Å². The van der Waals surface area contributed by atoms with Crippen LogP contribution >= 0.6 is 0 Å². The summed E-state index contributed by atoms with van der Waals surface area (Å²) < 4.78 is 5.13. The summed E-state index contributed by atoms with van der Waals surface area (Å²) in [5, 5.41) is 8.40. The van der Waals surface area contributed by atoms with E-state index in [0.717, 1.165) is 13.0 Å². The van der Waals surface area contributed by atoms with Gasteiger partial charge in [-0.15, -0.1) is 0 Å². The van der Waals surface area contributed by atoms with Crippen LogP contribution in [-0.2, 0) is 42.2 Å². The number of aliphatic hydroxyl groups is 1. The zero-order chi connectivity index (χ0) is 14.8. The van der Waals surface area contributed by atoms with Gasteiger partial charge >= 0.3 is 0 Å². The Morgan fingerprint density at radius 2 is 1.50 bits per heavy atom. The maximum Gasteiger partial charge on any atom is 0.0697 e. The fraction of sp³-hybridized carbons (Fsp3) is 0.875. The Morgan fingerprint density at radius 1 is 1.10 bits per heavy atom. The number of carbonyl (C=O) groups excluding carboxylic acids is 1. The number of aliphatic hydroxyl groups excluding tert-OH is 1. The minimum absolute atomic E-state index is 0. The molecule has 0 aliphatic heterocycles. The molecule has 121 valence electrons. The second-order valence-electron chi connectivity index (χ2n) is 6.67. The molecule has 3 nitrogen and oxygen atoms in total. The van der Waals surface area contributed by atoms with Crippen LogP contribution in [0.2, 0.25) is 0 Å². The van der Waals surface area contributed by atoms with E-state index in [1.165, 1.54) is 6.42 Å². The molecule has 0 aromatic rings. The monoisotopic (exact) mass is 364 g/mol. The minimum atomic E-state index is -0.250. The number of hydrogen-bond acceptors (Lipinski definition) is 3. The van der Waals surface area contributed by atoms with Crippen molar-refractivity contribution in [2.45, 2.75) is 61.8 Å². The van der Waals surface area contributed by atoms with E-state index in [1.807, 2.05) is 20.8 Å². The van der Waals surface area contributed by atoms with Crippen LogP contribution in [0.1, 0.15) is 61.8 Å². The molecule has 0 saturated heterocycles. The van der Waals surface area contributed by atoms with Gasteiger partial charge in [0.1, 0.15) is 0 Å². The molecule has 0 spiro atoms. The van der Waals surface area contributed by atoms with Gasteiger partial charge < -0.3 is 21.6 Å². The summed E-state index contributed by atoms with van der Waals surface area (Å²) in [4.78, 5) is 10.4. The van der Waals surface area contributed by atoms with Gasteiger partial charge in [0.05, 0.1) is 13.2 Å². The summed E-state index contributed by atoms with van der Waals surface area (Å²) in [6.45, 7) is 16.9. The smallest absolute Gasteiger partial charge is 0.0697 e. The number of ether oxygens (including phenoxy) is 1. The first-order valence-electron chi connectivity index (χ1n) is 6.55. The standard InChI is InChI=1S/C9H20O2.C6H11O.CH4.Y/c1-9(2,3)5-4-7-11-8-6-10;1-5(7)6(2,3)4;;/h10H,4-8H2,1-3H3;1H2,2-4H3;1H4;/q;-1;;. The first-order valence-corrected chi connectivity index (χ1v) is 6.55. The van der Waals surface area contributed by atoms with Crippen molar-refractivity contribution >= 4 is 5.78 Å². The summed E-state index contributed by atoms with van der Waals surface area (Å²) in [5.74, 6) is -0.00694. The van der Waals surface area contributed by atoms with Crippen molar-refractivity contribution in [3.63, 3.8) is 0 Å². The van der Waals surface area contributed by atoms with E-state index in [0.29, 0.717) is 12.0 Å². The quantitative estimate of drug-likeness (QED) is 0.595. The van der Waals surface area contributed by atoms with E-state index < -0.39 is 0 Å². The maximum atomic E-state index is 10.4. The SMILES string of the molecule is C.CC(C)(C)CCCOCCO.[CH2-]C(=O)C(C)(C)C.[Y]. The average molecular weight is 364 g/mol. The molecule has 0 atom stereocenters. The first kappa shape index (κ1) is 28.7. The van der Waals surface area contributed by atoms with Crippen molar-refractivity contribution in [3.8, 4) is 0 Å². The number of carbonyl (C=O) groups is 1. The van der Waals surface area contributed by atoms with Gasteiger partial charge in [0.15, 0.2) is 0 Å². The predicted octanol–water partition coefficient (Wildman–Crippen LogP) is 3.89. The first-order chi connectivity index (χ1) is 8.00. The molecule has 0 fully saturated rings. The van der Waals surface area contributed by atoms with E-state index in [2.05, 4.69) is 27.7 Å². The molecule has 0 bridgehead atoms. The third kappa shape index (κ3) is 27.0. The number of rotatable bonds is 5. The Balaban J connectivity index is -0.000000126. The van der Waals surface area contributed by atoms with Crippen molar-refractivity contribution < 1.29 is 47.3 Å². The molecule has 4 heteroatoms. The minimum Gasteiger partial charge on any atom is -0.394 e. The van der Waals surface area contributed by atoms with Crippen LogP contribution in [0.3, 0.4) is 0 Å². The van der Waals surface area contributed by atoms with Crippen LogP contribution in [0, 0.1) is 17.8 Å². The van der Waals surface area contributed by atoms with E-state index in [9.17, 15) is 4.79 Å². The summed E-state index contributed by atoms with van der Waals surface area (Å²) >= 11 is 0. The van der Waals surface area contributed by atoms with Gasteiger partial charge in [-0.2, -0.15) is 0 Å². The van der Waals surface area contributed by atoms with Gasteiger partial charge in [0, 0.05) is 45.1 Å². The third-order valence-electron chi connectivity index (χ3n) is 2.29. The molecule has 0 heterocycles. The van der Waals surface area contributed by atoms with Crippen LogP contribution in [0.4, 0.5) is 0 Å². The third-order valence-corrected chi connectivity index (χ3v) is 2.29. The molecule has 1 radical (unpaired) electrons. The Bertz CT molecular complexity index is 215. The zero-order valence-electron chi connectivity index (χ0n) is 13.6. The van der Waals surface area contributed by atoms with Crippen molar-refractivity contribution in [1.82, 2.24) is 0 Å². The largest absolute Gasteiger partial charge is 0.394 e. The molecule has 0 aromatic carbocycles. The van der Waals surface area contributed by atoms with E-state index in [4.69, 9.17) is 9.84 Å². The van der Waals surface area contributed by atoms with Crippen molar-refractivity contribution in [2.24, 2.45) is 10.8 Å². The van der Waals surface area contributed by atoms with Crippen LogP contribution in [0.25, 0.3) is 0 Å². The average Bonchev–Trinajstić information content (AvgIpc) is 2.15. The van der Waals surface area contributed by atoms with Crippen LogP contribution < -0.4 is 0 Å². The second kappa shape index (κ2) is 14.5. The molecular weight excluding hydrogens is 329 g/mol. The van der Waals surface area contributed by atoms with Gasteiger partial charge in [0.25, 0.3) is 0 Å². The molecule has 1 N–H and O–H groups in total. The normalized spacial score (nSPS) is 10.6. The molecule has 0 unspecified atom stereocenters. The van der Waals surface area contributed by atoms with Gasteiger partial charge in [0.2, 0.25) is 0 Å². The van der Waals surface area contributed by atoms with Gasteiger partial charge in [-0.25, -0.2) is 0 Å². The fourth-order valence-electron chi connectivity index (χ4n) is 0.871. The molecule has 0 amide bonds. The van der Waals surface area contributed by atoms with E-state index in [1.54, 1.807) is 0 Å². The molecule has 0 aromatic heterocycles. The molecule has 0 rings (SSSR count). The zero-order valence-corrected chi connectivity index (χ0v) is 16.4. The Kier molecular flexibility index (Phi) is 20.8. The van der Waals surface area contributed by atoms with Crippen molar-refractivity contribution in [2.75, 3.05) is 19.8 Å². The van der Waals surface area contributed by atoms with E-state index in [-0.39, 0.29) is 57.9 Å². The Hall–Kier alpha value is 0.564.